The number of aryl methyl sites for hydroxylation is 1. The third kappa shape index (κ3) is 2.98. The van der Waals surface area contributed by atoms with Crippen LogP contribution in [0.1, 0.15) is 11.5 Å². The van der Waals surface area contributed by atoms with Crippen LogP contribution in [0.5, 0.6) is 0 Å². The van der Waals surface area contributed by atoms with Gasteiger partial charge >= 0.3 is 0 Å². The first kappa shape index (κ1) is 14.0. The van der Waals surface area contributed by atoms with Gasteiger partial charge in [0.15, 0.2) is 5.58 Å². The molecule has 5 nitrogen and oxygen atoms in total. The van der Waals surface area contributed by atoms with E-state index in [0.717, 1.165) is 22.2 Å². The minimum absolute atomic E-state index is 0.503. The molecule has 0 aliphatic heterocycles. The number of thioether (sulfide) groups is 1. The Morgan fingerprint density at radius 2 is 1.91 bits per heavy atom. The Bertz CT molecular complexity index is 928. The quantitative estimate of drug-likeness (QED) is 0.516. The second-order valence-electron chi connectivity index (χ2n) is 5.11. The van der Waals surface area contributed by atoms with Gasteiger partial charge in [0.2, 0.25) is 11.8 Å². The summed E-state index contributed by atoms with van der Waals surface area (Å²) < 4.78 is 11.4. The highest BCUT2D eigenvalue weighted by molar-refractivity contribution is 7.98. The van der Waals surface area contributed by atoms with Gasteiger partial charge in [-0.15, -0.1) is 10.2 Å². The maximum Gasteiger partial charge on any atom is 0.277 e. The molecule has 0 amide bonds. The van der Waals surface area contributed by atoms with E-state index in [1.54, 1.807) is 0 Å². The van der Waals surface area contributed by atoms with Crippen molar-refractivity contribution >= 4 is 22.9 Å². The Morgan fingerprint density at radius 1 is 1.00 bits per heavy atom. The molecule has 0 unspecified atom stereocenters. The Kier molecular flexibility index (Phi) is 3.59. The lowest BCUT2D eigenvalue weighted by Crippen LogP contribution is -1.79. The molecule has 2 heterocycles. The molecule has 0 radical (unpaired) electrons. The van der Waals surface area contributed by atoms with Crippen molar-refractivity contribution in [3.05, 3.63) is 60.0 Å². The molecule has 0 aliphatic rings. The van der Waals surface area contributed by atoms with Gasteiger partial charge in [-0.2, -0.15) is 0 Å². The summed E-state index contributed by atoms with van der Waals surface area (Å²) in [6.07, 6.45) is 0. The third-order valence-corrected chi connectivity index (χ3v) is 4.13. The first-order valence-corrected chi connectivity index (χ1v) is 8.14. The predicted octanol–water partition coefficient (Wildman–Crippen LogP) is 4.48. The molecule has 0 saturated carbocycles. The van der Waals surface area contributed by atoms with E-state index in [2.05, 4.69) is 15.2 Å². The van der Waals surface area contributed by atoms with E-state index >= 15 is 0 Å². The van der Waals surface area contributed by atoms with E-state index < -0.39 is 0 Å². The van der Waals surface area contributed by atoms with Crippen molar-refractivity contribution in [3.8, 4) is 11.5 Å². The third-order valence-electron chi connectivity index (χ3n) is 3.33. The maximum atomic E-state index is 5.69. The van der Waals surface area contributed by atoms with Crippen molar-refractivity contribution in [1.82, 2.24) is 15.2 Å². The van der Waals surface area contributed by atoms with E-state index in [-0.39, 0.29) is 0 Å². The molecule has 0 saturated heterocycles. The topological polar surface area (TPSA) is 65.0 Å². The van der Waals surface area contributed by atoms with Gasteiger partial charge in [0.05, 0.1) is 5.75 Å². The zero-order valence-corrected chi connectivity index (χ0v) is 13.2. The predicted molar refractivity (Wildman–Crippen MR) is 88.0 cm³/mol. The number of oxazole rings is 1. The van der Waals surface area contributed by atoms with Crippen LogP contribution in [0, 0.1) is 6.92 Å². The van der Waals surface area contributed by atoms with Crippen LogP contribution in [0.25, 0.3) is 22.6 Å². The van der Waals surface area contributed by atoms with Crippen LogP contribution in [0.2, 0.25) is 0 Å². The molecule has 0 bridgehead atoms. The molecule has 2 aromatic heterocycles. The zero-order valence-electron chi connectivity index (χ0n) is 12.4. The standard InChI is InChI=1S/C17H13N3O2S/c1-11-5-4-6-12(9-11)16-19-20-17(22-16)23-10-15-18-13-7-2-3-8-14(13)21-15/h2-9H,10H2,1H3. The van der Waals surface area contributed by atoms with Gasteiger partial charge in [0.25, 0.3) is 5.22 Å². The minimum Gasteiger partial charge on any atom is -0.440 e. The number of hydrogen-bond acceptors (Lipinski definition) is 6. The van der Waals surface area contributed by atoms with E-state index in [1.165, 1.54) is 11.8 Å². The highest BCUT2D eigenvalue weighted by Crippen LogP contribution is 2.27. The van der Waals surface area contributed by atoms with Crippen molar-refractivity contribution in [3.63, 3.8) is 0 Å². The molecule has 0 fully saturated rings. The summed E-state index contributed by atoms with van der Waals surface area (Å²) in [5.41, 5.74) is 3.72. The second kappa shape index (κ2) is 5.89. The van der Waals surface area contributed by atoms with Crippen molar-refractivity contribution in [2.24, 2.45) is 0 Å². The summed E-state index contributed by atoms with van der Waals surface area (Å²) >= 11 is 1.41. The summed E-state index contributed by atoms with van der Waals surface area (Å²) in [6, 6.07) is 15.7. The highest BCUT2D eigenvalue weighted by atomic mass is 32.2. The fourth-order valence-electron chi connectivity index (χ4n) is 2.27. The van der Waals surface area contributed by atoms with Gasteiger partial charge in [-0.1, -0.05) is 41.6 Å². The average molecular weight is 323 g/mol. The molecule has 4 aromatic rings. The fraction of sp³-hybridized carbons (Fsp3) is 0.118. The van der Waals surface area contributed by atoms with E-state index in [9.17, 15) is 0 Å². The monoisotopic (exact) mass is 323 g/mol. The van der Waals surface area contributed by atoms with Crippen LogP contribution in [-0.2, 0) is 5.75 Å². The maximum absolute atomic E-state index is 5.69. The van der Waals surface area contributed by atoms with Crippen LogP contribution in [0.4, 0.5) is 0 Å². The summed E-state index contributed by atoms with van der Waals surface area (Å²) in [7, 11) is 0. The van der Waals surface area contributed by atoms with Crippen LogP contribution in [-0.4, -0.2) is 15.2 Å². The normalized spacial score (nSPS) is 11.2. The van der Waals surface area contributed by atoms with Gasteiger partial charge in [-0.3, -0.25) is 0 Å². The Labute approximate surface area is 136 Å². The van der Waals surface area contributed by atoms with Crippen molar-refractivity contribution in [1.29, 1.82) is 0 Å². The average Bonchev–Trinajstić information content (AvgIpc) is 3.19. The molecule has 0 N–H and O–H groups in total. The van der Waals surface area contributed by atoms with Crippen LogP contribution >= 0.6 is 11.8 Å². The van der Waals surface area contributed by atoms with Crippen LogP contribution in [0.3, 0.4) is 0 Å². The zero-order chi connectivity index (χ0) is 15.6. The number of aromatic nitrogens is 3. The highest BCUT2D eigenvalue weighted by Gasteiger charge is 2.11. The van der Waals surface area contributed by atoms with E-state index in [0.29, 0.717) is 22.8 Å². The molecule has 6 heteroatoms. The summed E-state index contributed by atoms with van der Waals surface area (Å²) in [5, 5.41) is 8.67. The number of hydrogen-bond donors (Lipinski definition) is 0. The molecule has 0 spiro atoms. The number of fused-ring (bicyclic) bond motifs is 1. The molecule has 0 atom stereocenters. The summed E-state index contributed by atoms with van der Waals surface area (Å²) in [4.78, 5) is 4.43. The molecule has 0 aliphatic carbocycles. The Morgan fingerprint density at radius 3 is 2.78 bits per heavy atom. The fourth-order valence-corrected chi connectivity index (χ4v) is 2.87. The molecular formula is C17H13N3O2S. The number of benzene rings is 2. The summed E-state index contributed by atoms with van der Waals surface area (Å²) in [6.45, 7) is 2.03. The first-order valence-electron chi connectivity index (χ1n) is 7.16. The lowest BCUT2D eigenvalue weighted by molar-refractivity contribution is 0.464. The Balaban J connectivity index is 1.49. The smallest absolute Gasteiger partial charge is 0.277 e. The Hall–Kier alpha value is -2.60. The number of para-hydroxylation sites is 2. The van der Waals surface area contributed by atoms with Crippen molar-refractivity contribution in [2.75, 3.05) is 0 Å². The number of nitrogens with zero attached hydrogens (tertiary/aromatic N) is 3. The minimum atomic E-state index is 0.503. The molecule has 23 heavy (non-hydrogen) atoms. The van der Waals surface area contributed by atoms with Crippen molar-refractivity contribution < 1.29 is 8.83 Å². The van der Waals surface area contributed by atoms with Gasteiger partial charge in [0.1, 0.15) is 5.52 Å². The van der Waals surface area contributed by atoms with Gasteiger partial charge in [-0.05, 0) is 31.2 Å². The largest absolute Gasteiger partial charge is 0.440 e. The first-order chi connectivity index (χ1) is 11.3. The molecular weight excluding hydrogens is 310 g/mol. The molecule has 2 aromatic carbocycles. The van der Waals surface area contributed by atoms with Crippen molar-refractivity contribution in [2.45, 2.75) is 17.9 Å². The SMILES string of the molecule is Cc1cccc(-c2nnc(SCc3nc4ccccc4o3)o2)c1. The van der Waals surface area contributed by atoms with Gasteiger partial charge < -0.3 is 8.83 Å². The molecule has 4 rings (SSSR count). The van der Waals surface area contributed by atoms with Crippen LogP contribution in [0.15, 0.2) is 62.6 Å². The lowest BCUT2D eigenvalue weighted by atomic mass is 10.1. The van der Waals surface area contributed by atoms with Crippen LogP contribution < -0.4 is 0 Å². The van der Waals surface area contributed by atoms with Gasteiger partial charge in [0, 0.05) is 5.56 Å². The lowest BCUT2D eigenvalue weighted by Gasteiger charge is -1.95. The van der Waals surface area contributed by atoms with E-state index in [4.69, 9.17) is 8.83 Å². The second-order valence-corrected chi connectivity index (χ2v) is 6.03. The summed E-state index contributed by atoms with van der Waals surface area (Å²) in [5.74, 6) is 1.71. The molecule has 114 valence electrons. The van der Waals surface area contributed by atoms with Gasteiger partial charge in [-0.25, -0.2) is 4.98 Å². The number of rotatable bonds is 4. The van der Waals surface area contributed by atoms with E-state index in [1.807, 2.05) is 55.5 Å².